The highest BCUT2D eigenvalue weighted by molar-refractivity contribution is 7.22. The molecule has 3 aromatic rings. The number of benzene rings is 2. The van der Waals surface area contributed by atoms with E-state index in [9.17, 15) is 9.90 Å². The summed E-state index contributed by atoms with van der Waals surface area (Å²) < 4.78 is 6.54. The smallest absolute Gasteiger partial charge is 0.407 e. The van der Waals surface area contributed by atoms with Crippen LogP contribution in [0.15, 0.2) is 42.5 Å². The number of aliphatic hydroxyl groups is 1. The fraction of sp³-hybridized carbons (Fsp3) is 0.481. The van der Waals surface area contributed by atoms with Gasteiger partial charge in [0.05, 0.1) is 22.8 Å². The molecule has 0 spiro atoms. The molecule has 8 heteroatoms. The minimum absolute atomic E-state index is 0.403. The summed E-state index contributed by atoms with van der Waals surface area (Å²) in [4.78, 5) is 16.8. The summed E-state index contributed by atoms with van der Waals surface area (Å²) >= 11 is 1.51. The van der Waals surface area contributed by atoms with E-state index in [0.29, 0.717) is 24.0 Å². The Balaban J connectivity index is 1.56. The Bertz CT molecular complexity index is 1110. The number of amides is 1. The fourth-order valence-electron chi connectivity index (χ4n) is 4.14. The van der Waals surface area contributed by atoms with Crippen molar-refractivity contribution in [2.75, 3.05) is 18.8 Å². The van der Waals surface area contributed by atoms with Gasteiger partial charge in [0, 0.05) is 5.92 Å². The van der Waals surface area contributed by atoms with Gasteiger partial charge >= 0.3 is 6.09 Å². The van der Waals surface area contributed by atoms with Crippen LogP contribution in [0.1, 0.15) is 44.4 Å². The second kappa shape index (κ2) is 11.8. The van der Waals surface area contributed by atoms with Crippen LogP contribution in [0.2, 0.25) is 0 Å². The number of nitrogen functional groups attached to an aromatic ring is 1. The Labute approximate surface area is 212 Å². The highest BCUT2D eigenvalue weighted by Gasteiger charge is 2.26. The van der Waals surface area contributed by atoms with Gasteiger partial charge in [0.2, 0.25) is 0 Å². The second-order valence-corrected chi connectivity index (χ2v) is 11.4. The number of hydrogen-bond acceptors (Lipinski definition) is 6. The number of rotatable bonds is 10. The van der Waals surface area contributed by atoms with E-state index in [2.05, 4.69) is 41.6 Å². The second-order valence-electron chi connectivity index (χ2n) is 10.4. The largest absolute Gasteiger partial charge is 0.444 e. The van der Waals surface area contributed by atoms with Crippen molar-refractivity contribution in [3.63, 3.8) is 0 Å². The minimum atomic E-state index is -0.717. The van der Waals surface area contributed by atoms with Gasteiger partial charge < -0.3 is 26.2 Å². The lowest BCUT2D eigenvalue weighted by atomic mass is 9.96. The van der Waals surface area contributed by atoms with E-state index in [0.717, 1.165) is 28.7 Å². The highest BCUT2D eigenvalue weighted by Crippen LogP contribution is 2.27. The SMILES string of the molecule is Cc1cc2sc(N)nc2cc1CC(C)C[NH2+]C[C@@H](O)[C@H](Cc1ccccc1)NC(=O)OC(C)(C)C. The van der Waals surface area contributed by atoms with Crippen LogP contribution in [0.25, 0.3) is 10.2 Å². The number of alkyl carbamates (subject to hydrolysis) is 1. The summed E-state index contributed by atoms with van der Waals surface area (Å²) in [6.45, 7) is 11.2. The van der Waals surface area contributed by atoms with E-state index >= 15 is 0 Å². The monoisotopic (exact) mass is 499 g/mol. The van der Waals surface area contributed by atoms with Crippen molar-refractivity contribution in [1.29, 1.82) is 0 Å². The number of aliphatic hydroxyl groups excluding tert-OH is 1. The van der Waals surface area contributed by atoms with Gasteiger partial charge in [0.1, 0.15) is 18.2 Å². The first-order valence-corrected chi connectivity index (χ1v) is 13.0. The summed E-state index contributed by atoms with van der Waals surface area (Å²) in [5.74, 6) is 0.403. The van der Waals surface area contributed by atoms with Gasteiger partial charge in [-0.3, -0.25) is 0 Å². The zero-order valence-electron chi connectivity index (χ0n) is 21.4. The Hall–Kier alpha value is -2.68. The van der Waals surface area contributed by atoms with E-state index in [4.69, 9.17) is 10.5 Å². The molecule has 1 amide bonds. The third-order valence-corrected chi connectivity index (χ3v) is 6.72. The zero-order chi connectivity index (χ0) is 25.6. The van der Waals surface area contributed by atoms with Crippen LogP contribution >= 0.6 is 11.3 Å². The summed E-state index contributed by atoms with van der Waals surface area (Å²) in [5.41, 5.74) is 9.79. The molecule has 0 saturated carbocycles. The molecule has 0 radical (unpaired) electrons. The number of anilines is 1. The standard InChI is InChI=1S/C27H38N4O3S/c1-17(11-20-14-22-24(12-18(20)2)35-25(28)30-22)15-29-16-23(32)21(13-19-9-7-6-8-10-19)31-26(33)34-27(3,4)5/h6-10,12,14,17,21,23,29,32H,11,13,15-16H2,1-5H3,(H2,28,30)(H,31,33)/p+1/t17?,21-,23+/m0/s1. The number of fused-ring (bicyclic) bond motifs is 1. The van der Waals surface area contributed by atoms with E-state index in [1.54, 1.807) is 0 Å². The topological polar surface area (TPSA) is 114 Å². The number of aromatic nitrogens is 1. The van der Waals surface area contributed by atoms with Crippen molar-refractivity contribution >= 4 is 32.8 Å². The molecule has 190 valence electrons. The molecule has 0 saturated heterocycles. The molecule has 35 heavy (non-hydrogen) atoms. The lowest BCUT2D eigenvalue weighted by molar-refractivity contribution is -0.666. The third kappa shape index (κ3) is 8.49. The number of nitrogens with one attached hydrogen (secondary N) is 1. The third-order valence-electron chi connectivity index (χ3n) is 5.87. The van der Waals surface area contributed by atoms with Gasteiger partial charge in [-0.15, -0.1) is 0 Å². The average molecular weight is 500 g/mol. The molecule has 7 nitrogen and oxygen atoms in total. The summed E-state index contributed by atoms with van der Waals surface area (Å²) in [6.07, 6.45) is 0.223. The number of carbonyl (C=O) groups excluding carboxylic acids is 1. The van der Waals surface area contributed by atoms with Gasteiger partial charge in [0.15, 0.2) is 5.13 Å². The van der Waals surface area contributed by atoms with Crippen LogP contribution < -0.4 is 16.4 Å². The predicted octanol–water partition coefficient (Wildman–Crippen LogP) is 3.43. The van der Waals surface area contributed by atoms with Crippen LogP contribution in [-0.4, -0.2) is 47.0 Å². The first kappa shape index (κ1) is 26.9. The molecule has 0 aliphatic heterocycles. The van der Waals surface area contributed by atoms with Crippen molar-refractivity contribution in [3.05, 3.63) is 59.2 Å². The molecular weight excluding hydrogens is 460 g/mol. The Morgan fingerprint density at radius 3 is 2.60 bits per heavy atom. The van der Waals surface area contributed by atoms with Crippen molar-refractivity contribution in [1.82, 2.24) is 10.3 Å². The van der Waals surface area contributed by atoms with Crippen molar-refractivity contribution in [3.8, 4) is 0 Å². The molecule has 6 N–H and O–H groups in total. The molecular formula is C27H39N4O3S+. The van der Waals surface area contributed by atoms with Crippen LogP contribution in [0.4, 0.5) is 9.93 Å². The van der Waals surface area contributed by atoms with Crippen LogP contribution in [0.5, 0.6) is 0 Å². The molecule has 1 aromatic heterocycles. The molecule has 2 aromatic carbocycles. The number of thiazole rings is 1. The minimum Gasteiger partial charge on any atom is -0.444 e. The average Bonchev–Trinajstić information content (AvgIpc) is 3.11. The van der Waals surface area contributed by atoms with Gasteiger partial charge in [0.25, 0.3) is 0 Å². The summed E-state index contributed by atoms with van der Waals surface area (Å²) in [5, 5.41) is 16.6. The van der Waals surface area contributed by atoms with Gasteiger partial charge in [-0.1, -0.05) is 48.6 Å². The number of hydrogen-bond donors (Lipinski definition) is 4. The van der Waals surface area contributed by atoms with Crippen LogP contribution in [0, 0.1) is 12.8 Å². The van der Waals surface area contributed by atoms with E-state index in [1.165, 1.54) is 22.5 Å². The number of ether oxygens (including phenoxy) is 1. The van der Waals surface area contributed by atoms with E-state index in [-0.39, 0.29) is 0 Å². The number of nitrogens with zero attached hydrogens (tertiary/aromatic N) is 1. The quantitative estimate of drug-likeness (QED) is 0.341. The highest BCUT2D eigenvalue weighted by atomic mass is 32.1. The molecule has 3 atom stereocenters. The van der Waals surface area contributed by atoms with Gasteiger partial charge in [-0.25, -0.2) is 9.78 Å². The lowest BCUT2D eigenvalue weighted by Crippen LogP contribution is -2.88. The maximum atomic E-state index is 12.4. The Kier molecular flexibility index (Phi) is 9.10. The number of nitrogens with two attached hydrogens (primary N) is 2. The van der Waals surface area contributed by atoms with Gasteiger partial charge in [-0.05, 0) is 69.4 Å². The molecule has 0 bridgehead atoms. The number of carbonyl (C=O) groups is 1. The molecule has 0 aliphatic rings. The molecule has 0 fully saturated rings. The van der Waals surface area contributed by atoms with Crippen molar-refractivity contribution < 1.29 is 20.0 Å². The molecule has 3 rings (SSSR count). The fourth-order valence-corrected chi connectivity index (χ4v) is 4.96. The summed E-state index contributed by atoms with van der Waals surface area (Å²) in [6, 6.07) is 13.7. The normalized spacial score (nSPS) is 14.5. The van der Waals surface area contributed by atoms with Crippen molar-refractivity contribution in [2.45, 2.75) is 65.2 Å². The Morgan fingerprint density at radius 2 is 1.91 bits per heavy atom. The van der Waals surface area contributed by atoms with Crippen LogP contribution in [0.3, 0.4) is 0 Å². The molecule has 0 aliphatic carbocycles. The summed E-state index contributed by atoms with van der Waals surface area (Å²) in [7, 11) is 0. The predicted molar refractivity (Wildman–Crippen MR) is 143 cm³/mol. The first-order valence-electron chi connectivity index (χ1n) is 12.2. The Morgan fingerprint density at radius 1 is 1.20 bits per heavy atom. The lowest BCUT2D eigenvalue weighted by Gasteiger charge is -2.26. The number of aryl methyl sites for hydroxylation is 1. The van der Waals surface area contributed by atoms with E-state index < -0.39 is 23.8 Å². The number of quaternary nitrogens is 1. The maximum absolute atomic E-state index is 12.4. The van der Waals surface area contributed by atoms with Gasteiger partial charge in [-0.2, -0.15) is 0 Å². The van der Waals surface area contributed by atoms with E-state index in [1.807, 2.05) is 51.1 Å². The first-order chi connectivity index (χ1) is 16.5. The maximum Gasteiger partial charge on any atom is 0.407 e. The molecule has 1 heterocycles. The van der Waals surface area contributed by atoms with Crippen LogP contribution in [-0.2, 0) is 17.6 Å². The van der Waals surface area contributed by atoms with Crippen molar-refractivity contribution in [2.24, 2.45) is 5.92 Å². The zero-order valence-corrected chi connectivity index (χ0v) is 22.2. The molecule has 1 unspecified atom stereocenters.